The van der Waals surface area contributed by atoms with Crippen LogP contribution < -0.4 is 0 Å². The molecule has 2 amide bonds. The van der Waals surface area contributed by atoms with E-state index in [0.29, 0.717) is 11.3 Å². The van der Waals surface area contributed by atoms with Crippen LogP contribution in [0.25, 0.3) is 5.70 Å². The molecule has 24 heavy (non-hydrogen) atoms. The van der Waals surface area contributed by atoms with Crippen LogP contribution in [0.2, 0.25) is 0 Å². The molecule has 1 saturated carbocycles. The van der Waals surface area contributed by atoms with Crippen molar-refractivity contribution < 1.29 is 14.3 Å². The second-order valence-corrected chi connectivity index (χ2v) is 6.13. The molecule has 1 aromatic rings. The Labute approximate surface area is 142 Å². The molecule has 0 saturated heterocycles. The smallest absolute Gasteiger partial charge is 0.323 e. The summed E-state index contributed by atoms with van der Waals surface area (Å²) in [5.41, 5.74) is 0.807. The van der Waals surface area contributed by atoms with Gasteiger partial charge in [-0.2, -0.15) is 0 Å². The second kappa shape index (κ2) is 7.95. The number of hydrogen-bond acceptors (Lipinski definition) is 3. The molecular weight excluding hydrogens is 309 g/mol. The van der Waals surface area contributed by atoms with Gasteiger partial charge in [0.2, 0.25) is 0 Å². The highest BCUT2D eigenvalue weighted by atomic mass is 19.1. The topological polar surface area (TPSA) is 56.1 Å². The van der Waals surface area contributed by atoms with E-state index < -0.39 is 11.6 Å². The van der Waals surface area contributed by atoms with E-state index in [-0.39, 0.29) is 12.1 Å². The molecule has 0 bridgehead atoms. The Kier molecular flexibility index (Phi) is 5.95. The maximum atomic E-state index is 13.5. The minimum absolute atomic E-state index is 0.137. The van der Waals surface area contributed by atoms with Crippen molar-refractivity contribution in [2.24, 2.45) is 4.99 Å². The lowest BCUT2D eigenvalue weighted by Crippen LogP contribution is -2.43. The maximum Gasteiger partial charge on any atom is 0.323 e. The first-order valence-electron chi connectivity index (χ1n) is 8.11. The number of aromatic hydroxyl groups is 1. The highest BCUT2D eigenvalue weighted by Gasteiger charge is 2.24. The summed E-state index contributed by atoms with van der Waals surface area (Å²) in [6.45, 7) is 3.48. The molecule has 130 valence electrons. The lowest BCUT2D eigenvalue weighted by Gasteiger charge is -2.33. The zero-order valence-corrected chi connectivity index (χ0v) is 14.2. The van der Waals surface area contributed by atoms with E-state index in [1.807, 2.05) is 7.05 Å². The van der Waals surface area contributed by atoms with E-state index in [1.165, 1.54) is 35.7 Å². The van der Waals surface area contributed by atoms with Crippen molar-refractivity contribution in [2.45, 2.75) is 38.1 Å². The zero-order chi connectivity index (χ0) is 17.7. The van der Waals surface area contributed by atoms with E-state index >= 15 is 0 Å². The van der Waals surface area contributed by atoms with Crippen molar-refractivity contribution >= 4 is 18.4 Å². The third kappa shape index (κ3) is 4.13. The maximum absolute atomic E-state index is 13.5. The third-order valence-electron chi connectivity index (χ3n) is 4.46. The van der Waals surface area contributed by atoms with E-state index in [0.717, 1.165) is 25.7 Å². The monoisotopic (exact) mass is 333 g/mol. The zero-order valence-electron chi connectivity index (χ0n) is 14.2. The summed E-state index contributed by atoms with van der Waals surface area (Å²) in [7, 11) is 3.45. The molecule has 5 nitrogen and oxygen atoms in total. The molecule has 1 aliphatic rings. The van der Waals surface area contributed by atoms with Crippen LogP contribution in [-0.4, -0.2) is 47.8 Å². The van der Waals surface area contributed by atoms with Gasteiger partial charge in [-0.05, 0) is 37.8 Å². The number of amides is 2. The number of phenolic OH excluding ortho intramolecular Hbond substituents is 1. The van der Waals surface area contributed by atoms with Crippen molar-refractivity contribution in [1.29, 1.82) is 0 Å². The van der Waals surface area contributed by atoms with Gasteiger partial charge in [0.05, 0.1) is 5.70 Å². The average molecular weight is 333 g/mol. The lowest BCUT2D eigenvalue weighted by molar-refractivity contribution is 0.154. The molecule has 1 aromatic carbocycles. The van der Waals surface area contributed by atoms with Crippen molar-refractivity contribution in [3.63, 3.8) is 0 Å². The molecule has 0 atom stereocenters. The number of carbonyl (C=O) groups is 1. The minimum Gasteiger partial charge on any atom is -0.505 e. The Bertz CT molecular complexity index is 639. The van der Waals surface area contributed by atoms with Crippen LogP contribution in [0.5, 0.6) is 5.75 Å². The molecule has 0 aliphatic heterocycles. The largest absolute Gasteiger partial charge is 0.505 e. The summed E-state index contributed by atoms with van der Waals surface area (Å²) in [6.07, 6.45) is 7.10. The number of phenols is 1. The Morgan fingerprint density at radius 2 is 2.00 bits per heavy atom. The number of carbonyl (C=O) groups excluding carboxylic acids is 1. The number of urea groups is 1. The Hall–Kier alpha value is -2.37. The highest BCUT2D eigenvalue weighted by Crippen LogP contribution is 2.24. The van der Waals surface area contributed by atoms with Gasteiger partial charge in [0.1, 0.15) is 0 Å². The predicted molar refractivity (Wildman–Crippen MR) is 93.4 cm³/mol. The molecular formula is C18H24FN3O2. The van der Waals surface area contributed by atoms with Gasteiger partial charge < -0.3 is 14.9 Å². The fourth-order valence-corrected chi connectivity index (χ4v) is 2.98. The molecule has 2 rings (SSSR count). The van der Waals surface area contributed by atoms with Gasteiger partial charge in [0, 0.05) is 31.9 Å². The van der Waals surface area contributed by atoms with Gasteiger partial charge in [-0.3, -0.25) is 4.99 Å². The highest BCUT2D eigenvalue weighted by molar-refractivity contribution is 5.78. The van der Waals surface area contributed by atoms with Crippen LogP contribution in [0.1, 0.15) is 37.7 Å². The first-order chi connectivity index (χ1) is 11.4. The Morgan fingerprint density at radius 3 is 2.58 bits per heavy atom. The van der Waals surface area contributed by atoms with Gasteiger partial charge in [0.25, 0.3) is 0 Å². The molecule has 0 spiro atoms. The molecule has 0 heterocycles. The van der Waals surface area contributed by atoms with E-state index in [9.17, 15) is 14.3 Å². The van der Waals surface area contributed by atoms with Crippen molar-refractivity contribution in [2.75, 3.05) is 14.1 Å². The number of aliphatic imine (C=N–C) groups is 1. The predicted octanol–water partition coefficient (Wildman–Crippen LogP) is 3.85. The number of hydrogen-bond donors (Lipinski definition) is 1. The SMILES string of the molecule is C=NC(=CN(C)C(=O)N(C)C1CCCCC1)c1ccc(O)c(F)c1. The summed E-state index contributed by atoms with van der Waals surface area (Å²) in [5, 5.41) is 9.27. The quantitative estimate of drug-likeness (QED) is 0.851. The van der Waals surface area contributed by atoms with Crippen molar-refractivity contribution in [3.8, 4) is 5.75 Å². The minimum atomic E-state index is -0.740. The Balaban J connectivity index is 2.15. The first kappa shape index (κ1) is 18.0. The van der Waals surface area contributed by atoms with Gasteiger partial charge >= 0.3 is 6.03 Å². The molecule has 0 unspecified atom stereocenters. The van der Waals surface area contributed by atoms with E-state index in [2.05, 4.69) is 11.7 Å². The Morgan fingerprint density at radius 1 is 1.33 bits per heavy atom. The van der Waals surface area contributed by atoms with Crippen LogP contribution in [0.15, 0.2) is 29.4 Å². The van der Waals surface area contributed by atoms with Gasteiger partial charge in [-0.15, -0.1) is 0 Å². The summed E-state index contributed by atoms with van der Waals surface area (Å²) < 4.78 is 13.5. The van der Waals surface area contributed by atoms with Crippen LogP contribution in [-0.2, 0) is 0 Å². The number of rotatable bonds is 4. The first-order valence-corrected chi connectivity index (χ1v) is 8.11. The molecule has 6 heteroatoms. The van der Waals surface area contributed by atoms with Gasteiger partial charge in [-0.1, -0.05) is 19.3 Å². The number of benzene rings is 1. The summed E-state index contributed by atoms with van der Waals surface area (Å²) in [4.78, 5) is 19.6. The average Bonchev–Trinajstić information content (AvgIpc) is 2.61. The molecule has 1 fully saturated rings. The van der Waals surface area contributed by atoms with E-state index in [4.69, 9.17) is 0 Å². The van der Waals surface area contributed by atoms with Crippen LogP contribution in [0.3, 0.4) is 0 Å². The normalized spacial score (nSPS) is 15.9. The summed E-state index contributed by atoms with van der Waals surface area (Å²) in [6, 6.07) is 4.07. The fourth-order valence-electron chi connectivity index (χ4n) is 2.98. The molecule has 0 radical (unpaired) electrons. The lowest BCUT2D eigenvalue weighted by atomic mass is 9.95. The van der Waals surface area contributed by atoms with E-state index in [1.54, 1.807) is 11.9 Å². The molecule has 1 N–H and O–H groups in total. The molecule has 0 aromatic heterocycles. The standard InChI is InChI=1S/C18H24FN3O2/c1-20-16(13-9-10-17(23)15(19)11-13)12-21(2)18(24)22(3)14-7-5-4-6-8-14/h9-12,14,23H,1,4-8H2,2-3H3. The van der Waals surface area contributed by atoms with Crippen molar-refractivity contribution in [3.05, 3.63) is 35.8 Å². The van der Waals surface area contributed by atoms with Crippen LogP contribution in [0, 0.1) is 5.82 Å². The summed E-state index contributed by atoms with van der Waals surface area (Å²) in [5.74, 6) is -1.17. The van der Waals surface area contributed by atoms with Crippen molar-refractivity contribution in [1.82, 2.24) is 9.80 Å². The van der Waals surface area contributed by atoms with Crippen LogP contribution in [0.4, 0.5) is 9.18 Å². The van der Waals surface area contributed by atoms with Gasteiger partial charge in [0.15, 0.2) is 11.6 Å². The number of nitrogens with zero attached hydrogens (tertiary/aromatic N) is 3. The van der Waals surface area contributed by atoms with Gasteiger partial charge in [-0.25, -0.2) is 9.18 Å². The second-order valence-electron chi connectivity index (χ2n) is 6.13. The molecule has 1 aliphatic carbocycles. The fraction of sp³-hybridized carbons (Fsp3) is 0.444. The third-order valence-corrected chi connectivity index (χ3v) is 4.46. The summed E-state index contributed by atoms with van der Waals surface area (Å²) >= 11 is 0. The van der Waals surface area contributed by atoms with Crippen LogP contribution >= 0.6 is 0 Å². The number of halogens is 1.